The molecule has 5 heteroatoms. The van der Waals surface area contributed by atoms with Crippen LogP contribution < -0.4 is 9.47 Å². The molecule has 21 heavy (non-hydrogen) atoms. The summed E-state index contributed by atoms with van der Waals surface area (Å²) in [6.45, 7) is 0. The van der Waals surface area contributed by atoms with Gasteiger partial charge in [-0.1, -0.05) is 33.6 Å². The summed E-state index contributed by atoms with van der Waals surface area (Å²) in [7, 11) is 3.28. The average molecular weight is 482 g/mol. The van der Waals surface area contributed by atoms with E-state index in [1.807, 2.05) is 36.4 Å². The molecule has 0 aromatic heterocycles. The standard InChI is InChI=1S/C16H15BrClIO2/c1-20-15-6-3-10(8-16(15)21-2)7-13(17)12-9-11(18)4-5-14(12)19/h3-6,8-9,13H,7H2,1-2H3. The van der Waals surface area contributed by atoms with Crippen molar-refractivity contribution in [3.8, 4) is 11.5 Å². The SMILES string of the molecule is COc1ccc(CC(Br)c2cc(Cl)ccc2I)cc1OC. The molecule has 0 amide bonds. The van der Waals surface area contributed by atoms with E-state index in [4.69, 9.17) is 21.1 Å². The fourth-order valence-corrected chi connectivity index (χ4v) is 4.15. The van der Waals surface area contributed by atoms with Crippen LogP contribution in [-0.4, -0.2) is 14.2 Å². The monoisotopic (exact) mass is 480 g/mol. The lowest BCUT2D eigenvalue weighted by Gasteiger charge is -2.14. The molecule has 1 unspecified atom stereocenters. The van der Waals surface area contributed by atoms with Crippen LogP contribution in [0.5, 0.6) is 11.5 Å². The molecule has 2 rings (SSSR count). The quantitative estimate of drug-likeness (QED) is 0.407. The van der Waals surface area contributed by atoms with Gasteiger partial charge >= 0.3 is 0 Å². The smallest absolute Gasteiger partial charge is 0.160 e. The highest BCUT2D eigenvalue weighted by molar-refractivity contribution is 14.1. The Morgan fingerprint density at radius 1 is 1.10 bits per heavy atom. The van der Waals surface area contributed by atoms with Gasteiger partial charge in [0, 0.05) is 13.4 Å². The molecule has 2 aromatic carbocycles. The van der Waals surface area contributed by atoms with E-state index in [-0.39, 0.29) is 4.83 Å². The van der Waals surface area contributed by atoms with Crippen molar-refractivity contribution in [1.29, 1.82) is 0 Å². The summed E-state index contributed by atoms with van der Waals surface area (Å²) in [5.74, 6) is 1.49. The van der Waals surface area contributed by atoms with E-state index in [2.05, 4.69) is 38.5 Å². The zero-order valence-electron chi connectivity index (χ0n) is 11.7. The predicted octanol–water partition coefficient (Wildman–Crippen LogP) is 5.64. The van der Waals surface area contributed by atoms with E-state index >= 15 is 0 Å². The van der Waals surface area contributed by atoms with Crippen LogP contribution in [0, 0.1) is 3.57 Å². The highest BCUT2D eigenvalue weighted by atomic mass is 127. The van der Waals surface area contributed by atoms with Gasteiger partial charge in [-0.15, -0.1) is 0 Å². The Labute approximate surface area is 152 Å². The van der Waals surface area contributed by atoms with Crippen LogP contribution in [0.2, 0.25) is 5.02 Å². The van der Waals surface area contributed by atoms with Gasteiger partial charge in [0.2, 0.25) is 0 Å². The van der Waals surface area contributed by atoms with Crippen molar-refractivity contribution >= 4 is 50.1 Å². The van der Waals surface area contributed by atoms with Crippen LogP contribution in [0.4, 0.5) is 0 Å². The fraction of sp³-hybridized carbons (Fsp3) is 0.250. The van der Waals surface area contributed by atoms with E-state index < -0.39 is 0 Å². The van der Waals surface area contributed by atoms with E-state index in [9.17, 15) is 0 Å². The van der Waals surface area contributed by atoms with E-state index in [0.717, 1.165) is 22.9 Å². The highest BCUT2D eigenvalue weighted by Crippen LogP contribution is 2.35. The summed E-state index contributed by atoms with van der Waals surface area (Å²) < 4.78 is 11.8. The second-order valence-corrected chi connectivity index (χ2v) is 7.23. The maximum Gasteiger partial charge on any atom is 0.160 e. The Morgan fingerprint density at radius 2 is 1.81 bits per heavy atom. The van der Waals surface area contributed by atoms with Crippen molar-refractivity contribution in [2.45, 2.75) is 11.2 Å². The largest absolute Gasteiger partial charge is 0.493 e. The summed E-state index contributed by atoms with van der Waals surface area (Å²) in [6.07, 6.45) is 0.844. The predicted molar refractivity (Wildman–Crippen MR) is 99.1 cm³/mol. The Morgan fingerprint density at radius 3 is 2.48 bits per heavy atom. The number of halogens is 3. The topological polar surface area (TPSA) is 18.5 Å². The molecule has 2 aromatic rings. The molecule has 112 valence electrons. The molecule has 0 aliphatic rings. The third-order valence-corrected chi connectivity index (χ3v) is 5.19. The second kappa shape index (κ2) is 7.70. The Balaban J connectivity index is 2.23. The van der Waals surface area contributed by atoms with Gasteiger partial charge in [-0.25, -0.2) is 0 Å². The van der Waals surface area contributed by atoms with Crippen LogP contribution >= 0.6 is 50.1 Å². The minimum Gasteiger partial charge on any atom is -0.493 e. The average Bonchev–Trinajstić information content (AvgIpc) is 2.49. The Kier molecular flexibility index (Phi) is 6.20. The van der Waals surface area contributed by atoms with Gasteiger partial charge in [-0.05, 0) is 70.5 Å². The zero-order chi connectivity index (χ0) is 15.4. The molecule has 2 nitrogen and oxygen atoms in total. The first-order chi connectivity index (χ1) is 10.0. The minimum absolute atomic E-state index is 0.196. The van der Waals surface area contributed by atoms with Crippen molar-refractivity contribution in [1.82, 2.24) is 0 Å². The molecule has 0 aliphatic carbocycles. The maximum absolute atomic E-state index is 6.09. The van der Waals surface area contributed by atoms with Crippen LogP contribution in [-0.2, 0) is 6.42 Å². The third kappa shape index (κ3) is 4.27. The zero-order valence-corrected chi connectivity index (χ0v) is 16.2. The van der Waals surface area contributed by atoms with Gasteiger partial charge in [0.15, 0.2) is 11.5 Å². The van der Waals surface area contributed by atoms with Crippen molar-refractivity contribution in [2.75, 3.05) is 14.2 Å². The lowest BCUT2D eigenvalue weighted by Crippen LogP contribution is -1.99. The molecule has 1 atom stereocenters. The molecule has 0 N–H and O–H groups in total. The third-order valence-electron chi connectivity index (χ3n) is 3.16. The molecule has 0 bridgehead atoms. The first kappa shape index (κ1) is 16.9. The lowest BCUT2D eigenvalue weighted by atomic mass is 10.0. The molecule has 0 aliphatic heterocycles. The molecule has 0 saturated heterocycles. The number of ether oxygens (including phenoxy) is 2. The minimum atomic E-state index is 0.196. The first-order valence-corrected chi connectivity index (χ1v) is 8.72. The molecular weight excluding hydrogens is 466 g/mol. The van der Waals surface area contributed by atoms with Gasteiger partial charge in [-0.3, -0.25) is 0 Å². The summed E-state index contributed by atoms with van der Waals surface area (Å²) in [4.78, 5) is 0.196. The fourth-order valence-electron chi connectivity index (χ4n) is 2.08. The number of alkyl halides is 1. The number of hydrogen-bond acceptors (Lipinski definition) is 2. The van der Waals surface area contributed by atoms with Crippen LogP contribution in [0.3, 0.4) is 0 Å². The summed E-state index contributed by atoms with van der Waals surface area (Å²) in [5.41, 5.74) is 2.36. The maximum atomic E-state index is 6.09. The second-order valence-electron chi connectivity index (χ2n) is 4.53. The number of rotatable bonds is 5. The normalized spacial score (nSPS) is 12.0. The highest BCUT2D eigenvalue weighted by Gasteiger charge is 2.14. The molecule has 0 spiro atoms. The Bertz CT molecular complexity index is 634. The number of benzene rings is 2. The van der Waals surface area contributed by atoms with Gasteiger partial charge in [-0.2, -0.15) is 0 Å². The molecular formula is C16H15BrClIO2. The molecule has 0 heterocycles. The van der Waals surface area contributed by atoms with Crippen molar-refractivity contribution in [2.24, 2.45) is 0 Å². The van der Waals surface area contributed by atoms with Crippen LogP contribution in [0.15, 0.2) is 36.4 Å². The van der Waals surface area contributed by atoms with E-state index in [1.165, 1.54) is 14.7 Å². The van der Waals surface area contributed by atoms with Crippen molar-refractivity contribution in [3.05, 3.63) is 56.1 Å². The van der Waals surface area contributed by atoms with E-state index in [1.54, 1.807) is 14.2 Å². The lowest BCUT2D eigenvalue weighted by molar-refractivity contribution is 0.354. The number of hydrogen-bond donors (Lipinski definition) is 0. The van der Waals surface area contributed by atoms with Crippen LogP contribution in [0.1, 0.15) is 16.0 Å². The first-order valence-electron chi connectivity index (χ1n) is 6.35. The Hall–Kier alpha value is -0.460. The molecule has 0 fully saturated rings. The van der Waals surface area contributed by atoms with Gasteiger partial charge < -0.3 is 9.47 Å². The number of methoxy groups -OCH3 is 2. The summed E-state index contributed by atoms with van der Waals surface area (Å²) in [6, 6.07) is 11.9. The van der Waals surface area contributed by atoms with Gasteiger partial charge in [0.1, 0.15) is 0 Å². The van der Waals surface area contributed by atoms with Gasteiger partial charge in [0.25, 0.3) is 0 Å². The summed E-state index contributed by atoms with van der Waals surface area (Å²) >= 11 is 12.2. The van der Waals surface area contributed by atoms with E-state index in [0.29, 0.717) is 0 Å². The summed E-state index contributed by atoms with van der Waals surface area (Å²) in [5, 5.41) is 0.752. The van der Waals surface area contributed by atoms with Crippen LogP contribution in [0.25, 0.3) is 0 Å². The van der Waals surface area contributed by atoms with Gasteiger partial charge in [0.05, 0.1) is 14.2 Å². The molecule has 0 saturated carbocycles. The van der Waals surface area contributed by atoms with Crippen molar-refractivity contribution in [3.63, 3.8) is 0 Å². The molecule has 0 radical (unpaired) electrons. The van der Waals surface area contributed by atoms with Crippen molar-refractivity contribution < 1.29 is 9.47 Å².